The smallest absolute Gasteiger partial charge is 0.287 e. The fraction of sp³-hybridized carbons (Fsp3) is 0.526. The molecule has 1 aliphatic heterocycles. The van der Waals surface area contributed by atoms with Crippen molar-refractivity contribution in [3.05, 3.63) is 35.6 Å². The van der Waals surface area contributed by atoms with E-state index in [-0.39, 0.29) is 30.7 Å². The first kappa shape index (κ1) is 22.8. The van der Waals surface area contributed by atoms with Crippen LogP contribution in [0.25, 0.3) is 11.0 Å². The van der Waals surface area contributed by atoms with Gasteiger partial charge in [0.15, 0.2) is 5.76 Å². The van der Waals surface area contributed by atoms with Gasteiger partial charge < -0.3 is 20.0 Å². The molecule has 5 nitrogen and oxygen atoms in total. The highest BCUT2D eigenvalue weighted by Crippen LogP contribution is 2.26. The fourth-order valence-corrected chi connectivity index (χ4v) is 3.40. The lowest BCUT2D eigenvalue weighted by atomic mass is 9.96. The number of halogens is 2. The molecule has 3 rings (SSSR count). The Morgan fingerprint density at radius 2 is 2.08 bits per heavy atom. The number of carbonyl (C=O) groups excluding carboxylic acids is 1. The highest BCUT2D eigenvalue weighted by Gasteiger charge is 2.21. The lowest BCUT2D eigenvalue weighted by Crippen LogP contribution is -2.33. The molecule has 1 aromatic heterocycles. The van der Waals surface area contributed by atoms with Gasteiger partial charge in [-0.25, -0.2) is 0 Å². The van der Waals surface area contributed by atoms with Gasteiger partial charge >= 0.3 is 0 Å². The Morgan fingerprint density at radius 3 is 2.77 bits per heavy atom. The average Bonchev–Trinajstić information content (AvgIpc) is 2.94. The number of piperidine rings is 1. The lowest BCUT2D eigenvalue weighted by molar-refractivity contribution is 0.0923. The second-order valence-electron chi connectivity index (χ2n) is 6.90. The number of carbonyl (C=O) groups is 1. The molecule has 0 saturated carbocycles. The van der Waals surface area contributed by atoms with Crippen LogP contribution in [-0.2, 0) is 6.54 Å². The highest BCUT2D eigenvalue weighted by atomic mass is 35.5. The maximum Gasteiger partial charge on any atom is 0.287 e. The number of furan rings is 1. The van der Waals surface area contributed by atoms with E-state index in [4.69, 9.17) is 4.42 Å². The van der Waals surface area contributed by atoms with Gasteiger partial charge in [-0.05, 0) is 58.4 Å². The molecule has 1 saturated heterocycles. The lowest BCUT2D eigenvalue weighted by Gasteiger charge is -2.22. The molecule has 0 aliphatic carbocycles. The standard InChI is InChI=1S/C19H27N3O2.2ClH/c1-22(2)13-16-15-7-3-4-8-17(15)24-18(16)19(23)21-11-9-14-6-5-10-20-12-14;;/h3-4,7-8,14,20H,5-6,9-13H2,1-2H3,(H,21,23);2*1H. The number of nitrogens with zero attached hydrogens (tertiary/aromatic N) is 1. The van der Waals surface area contributed by atoms with E-state index in [9.17, 15) is 4.79 Å². The second-order valence-corrected chi connectivity index (χ2v) is 6.90. The number of nitrogens with one attached hydrogen (secondary N) is 2. The Kier molecular flexibility index (Phi) is 9.44. The number of hydrogen-bond acceptors (Lipinski definition) is 4. The Balaban J connectivity index is 0.00000169. The minimum absolute atomic E-state index is 0. The maximum atomic E-state index is 12.6. The SMILES string of the molecule is CN(C)Cc1c(C(=O)NCCC2CCCNC2)oc2ccccc12.Cl.Cl. The number of rotatable bonds is 6. The molecule has 1 aliphatic rings. The first-order chi connectivity index (χ1) is 11.6. The zero-order chi connectivity index (χ0) is 16.9. The molecule has 2 N–H and O–H groups in total. The summed E-state index contributed by atoms with van der Waals surface area (Å²) < 4.78 is 5.85. The van der Waals surface area contributed by atoms with E-state index >= 15 is 0 Å². The van der Waals surface area contributed by atoms with Crippen molar-refractivity contribution in [1.29, 1.82) is 0 Å². The predicted molar refractivity (Wildman–Crippen MR) is 111 cm³/mol. The summed E-state index contributed by atoms with van der Waals surface area (Å²) in [5, 5.41) is 7.48. The van der Waals surface area contributed by atoms with Crippen molar-refractivity contribution in [1.82, 2.24) is 15.5 Å². The van der Waals surface area contributed by atoms with Gasteiger partial charge in [0, 0.05) is 24.0 Å². The third-order valence-corrected chi connectivity index (χ3v) is 4.62. The molecule has 146 valence electrons. The fourth-order valence-electron chi connectivity index (χ4n) is 3.40. The molecule has 2 heterocycles. The topological polar surface area (TPSA) is 57.5 Å². The van der Waals surface area contributed by atoms with Crippen molar-refractivity contribution in [3.63, 3.8) is 0 Å². The molecule has 0 bridgehead atoms. The number of benzene rings is 1. The quantitative estimate of drug-likeness (QED) is 0.777. The molecule has 1 fully saturated rings. The van der Waals surface area contributed by atoms with Crippen LogP contribution in [-0.4, -0.2) is 44.5 Å². The molecule has 0 radical (unpaired) electrons. The van der Waals surface area contributed by atoms with Crippen molar-refractivity contribution < 1.29 is 9.21 Å². The molecular weight excluding hydrogens is 373 g/mol. The van der Waals surface area contributed by atoms with Gasteiger partial charge in [-0.3, -0.25) is 4.79 Å². The zero-order valence-corrected chi connectivity index (χ0v) is 17.0. The second kappa shape index (κ2) is 10.8. The summed E-state index contributed by atoms with van der Waals surface area (Å²) in [6.45, 7) is 3.57. The molecule has 26 heavy (non-hydrogen) atoms. The van der Waals surface area contributed by atoms with Crippen LogP contribution in [0.15, 0.2) is 28.7 Å². The van der Waals surface area contributed by atoms with Crippen LogP contribution in [0.1, 0.15) is 35.4 Å². The van der Waals surface area contributed by atoms with Crippen LogP contribution in [0.3, 0.4) is 0 Å². The number of hydrogen-bond donors (Lipinski definition) is 2. The van der Waals surface area contributed by atoms with Crippen molar-refractivity contribution in [2.45, 2.75) is 25.8 Å². The first-order valence-electron chi connectivity index (χ1n) is 8.79. The first-order valence-corrected chi connectivity index (χ1v) is 8.79. The molecule has 0 spiro atoms. The molecule has 7 heteroatoms. The molecule has 1 unspecified atom stereocenters. The monoisotopic (exact) mass is 401 g/mol. The zero-order valence-electron chi connectivity index (χ0n) is 15.4. The minimum atomic E-state index is -0.105. The Labute approximate surface area is 167 Å². The Morgan fingerprint density at radius 1 is 1.31 bits per heavy atom. The van der Waals surface area contributed by atoms with Crippen molar-refractivity contribution in [2.75, 3.05) is 33.7 Å². The summed E-state index contributed by atoms with van der Waals surface area (Å²) in [6, 6.07) is 7.85. The van der Waals surface area contributed by atoms with Gasteiger partial charge in [0.2, 0.25) is 0 Å². The minimum Gasteiger partial charge on any atom is -0.451 e. The third kappa shape index (κ3) is 5.61. The number of para-hydroxylation sites is 1. The summed E-state index contributed by atoms with van der Waals surface area (Å²) in [4.78, 5) is 14.7. The van der Waals surface area contributed by atoms with Crippen LogP contribution in [0.5, 0.6) is 0 Å². The average molecular weight is 402 g/mol. The Hall–Kier alpha value is -1.27. The van der Waals surface area contributed by atoms with Crippen LogP contribution in [0, 0.1) is 5.92 Å². The van der Waals surface area contributed by atoms with Crippen molar-refractivity contribution >= 4 is 41.7 Å². The summed E-state index contributed by atoms with van der Waals surface area (Å²) in [6.07, 6.45) is 3.50. The molecular formula is C19H29Cl2N3O2. The van der Waals surface area contributed by atoms with Crippen LogP contribution < -0.4 is 10.6 Å². The van der Waals surface area contributed by atoms with E-state index in [1.165, 1.54) is 12.8 Å². The van der Waals surface area contributed by atoms with Gasteiger partial charge in [-0.1, -0.05) is 18.2 Å². The highest BCUT2D eigenvalue weighted by molar-refractivity contribution is 5.99. The van der Waals surface area contributed by atoms with Crippen molar-refractivity contribution in [2.24, 2.45) is 5.92 Å². The summed E-state index contributed by atoms with van der Waals surface area (Å²) in [7, 11) is 4.00. The summed E-state index contributed by atoms with van der Waals surface area (Å²) in [5.74, 6) is 1.01. The van der Waals surface area contributed by atoms with Gasteiger partial charge in [0.05, 0.1) is 0 Å². The molecule has 2 aromatic rings. The van der Waals surface area contributed by atoms with Gasteiger partial charge in [0.1, 0.15) is 5.58 Å². The molecule has 1 aromatic carbocycles. The van der Waals surface area contributed by atoms with E-state index in [1.54, 1.807) is 0 Å². The summed E-state index contributed by atoms with van der Waals surface area (Å²) in [5.41, 5.74) is 1.74. The summed E-state index contributed by atoms with van der Waals surface area (Å²) >= 11 is 0. The number of fused-ring (bicyclic) bond motifs is 1. The van der Waals surface area contributed by atoms with E-state index in [0.29, 0.717) is 24.8 Å². The predicted octanol–water partition coefficient (Wildman–Crippen LogP) is 3.46. The van der Waals surface area contributed by atoms with E-state index in [1.807, 2.05) is 38.4 Å². The van der Waals surface area contributed by atoms with Crippen LogP contribution in [0.2, 0.25) is 0 Å². The molecule has 1 amide bonds. The van der Waals surface area contributed by atoms with E-state index in [2.05, 4.69) is 15.5 Å². The van der Waals surface area contributed by atoms with Crippen LogP contribution >= 0.6 is 24.8 Å². The van der Waals surface area contributed by atoms with Crippen molar-refractivity contribution in [3.8, 4) is 0 Å². The van der Waals surface area contributed by atoms with Gasteiger partial charge in [0.25, 0.3) is 5.91 Å². The third-order valence-electron chi connectivity index (χ3n) is 4.62. The van der Waals surface area contributed by atoms with Crippen LogP contribution in [0.4, 0.5) is 0 Å². The molecule has 1 atom stereocenters. The van der Waals surface area contributed by atoms with E-state index in [0.717, 1.165) is 36.0 Å². The number of amides is 1. The Bertz CT molecular complexity index is 697. The normalized spacial score (nSPS) is 16.8. The van der Waals surface area contributed by atoms with Gasteiger partial charge in [-0.2, -0.15) is 0 Å². The van der Waals surface area contributed by atoms with E-state index < -0.39 is 0 Å². The largest absolute Gasteiger partial charge is 0.451 e. The maximum absolute atomic E-state index is 12.6. The van der Waals surface area contributed by atoms with Gasteiger partial charge in [-0.15, -0.1) is 24.8 Å².